The summed E-state index contributed by atoms with van der Waals surface area (Å²) in [6.07, 6.45) is 1.04. The van der Waals surface area contributed by atoms with E-state index in [1.54, 1.807) is 45.2 Å². The predicted molar refractivity (Wildman–Crippen MR) is 115 cm³/mol. The van der Waals surface area contributed by atoms with Crippen LogP contribution >= 0.6 is 0 Å². The van der Waals surface area contributed by atoms with E-state index >= 15 is 0 Å². The second-order valence-corrected chi connectivity index (χ2v) is 8.05. The molecule has 0 unspecified atom stereocenters. The van der Waals surface area contributed by atoms with Crippen molar-refractivity contribution >= 4 is 18.0 Å². The van der Waals surface area contributed by atoms with Crippen LogP contribution in [-0.2, 0) is 32.1 Å². The number of hydrogen-bond donors (Lipinski definition) is 2. The maximum atomic E-state index is 12.7. The molecule has 166 valence electrons. The highest BCUT2D eigenvalue weighted by molar-refractivity contribution is 5.89. The molecular weight excluding hydrogens is 398 g/mol. The van der Waals surface area contributed by atoms with Crippen molar-refractivity contribution in [3.63, 3.8) is 0 Å². The number of nitrogens with zero attached hydrogens (tertiary/aromatic N) is 1. The van der Waals surface area contributed by atoms with Gasteiger partial charge in [-0.3, -0.25) is 9.78 Å². The predicted octanol–water partition coefficient (Wildman–Crippen LogP) is 2.77. The quantitative estimate of drug-likeness (QED) is 0.628. The molecule has 2 N–H and O–H groups in total. The normalized spacial score (nSPS) is 12.9. The molecule has 0 aliphatic carbocycles. The van der Waals surface area contributed by atoms with E-state index in [4.69, 9.17) is 9.47 Å². The van der Waals surface area contributed by atoms with Crippen molar-refractivity contribution in [2.45, 2.75) is 58.4 Å². The van der Waals surface area contributed by atoms with Gasteiger partial charge in [0.05, 0.1) is 0 Å². The first-order valence-corrected chi connectivity index (χ1v) is 10.0. The molecule has 1 heterocycles. The number of carbonyl (C=O) groups excluding carboxylic acids is 3. The number of rotatable bonds is 8. The van der Waals surface area contributed by atoms with Crippen molar-refractivity contribution < 1.29 is 23.9 Å². The summed E-state index contributed by atoms with van der Waals surface area (Å²) < 4.78 is 10.6. The van der Waals surface area contributed by atoms with Crippen LogP contribution in [0.4, 0.5) is 4.79 Å². The topological polar surface area (TPSA) is 107 Å². The largest absolute Gasteiger partial charge is 0.459 e. The van der Waals surface area contributed by atoms with Gasteiger partial charge in [-0.2, -0.15) is 0 Å². The van der Waals surface area contributed by atoms with E-state index < -0.39 is 35.7 Å². The fraction of sp³-hybridized carbons (Fsp3) is 0.391. The number of hydrogen-bond acceptors (Lipinski definition) is 6. The minimum absolute atomic E-state index is 0.0833. The number of alkyl carbamates (subject to hydrolysis) is 1. The van der Waals surface area contributed by atoms with Crippen LogP contribution in [0.3, 0.4) is 0 Å². The third-order valence-corrected chi connectivity index (χ3v) is 4.09. The summed E-state index contributed by atoms with van der Waals surface area (Å²) in [6, 6.07) is 12.7. The van der Waals surface area contributed by atoms with Crippen molar-refractivity contribution in [1.82, 2.24) is 15.6 Å². The Morgan fingerprint density at radius 1 is 1.00 bits per heavy atom. The van der Waals surface area contributed by atoms with E-state index in [-0.39, 0.29) is 13.0 Å². The lowest BCUT2D eigenvalue weighted by atomic mass is 10.1. The zero-order chi connectivity index (χ0) is 22.9. The lowest BCUT2D eigenvalue weighted by molar-refractivity contribution is -0.149. The fourth-order valence-corrected chi connectivity index (χ4v) is 2.60. The van der Waals surface area contributed by atoms with E-state index in [0.717, 1.165) is 5.56 Å². The maximum absolute atomic E-state index is 12.7. The van der Waals surface area contributed by atoms with E-state index in [1.807, 2.05) is 30.3 Å². The van der Waals surface area contributed by atoms with Crippen molar-refractivity contribution in [1.29, 1.82) is 0 Å². The molecule has 0 radical (unpaired) electrons. The van der Waals surface area contributed by atoms with Gasteiger partial charge in [0, 0.05) is 18.3 Å². The summed E-state index contributed by atoms with van der Waals surface area (Å²) >= 11 is 0. The lowest BCUT2D eigenvalue weighted by Crippen LogP contribution is -2.52. The monoisotopic (exact) mass is 427 g/mol. The van der Waals surface area contributed by atoms with Crippen molar-refractivity contribution in [2.24, 2.45) is 0 Å². The van der Waals surface area contributed by atoms with Gasteiger partial charge in [-0.25, -0.2) is 9.59 Å². The number of amides is 2. The molecule has 31 heavy (non-hydrogen) atoms. The van der Waals surface area contributed by atoms with Gasteiger partial charge in [0.2, 0.25) is 5.91 Å². The Hall–Kier alpha value is -3.42. The first-order chi connectivity index (χ1) is 14.6. The minimum Gasteiger partial charge on any atom is -0.459 e. The van der Waals surface area contributed by atoms with Gasteiger partial charge in [0.1, 0.15) is 24.3 Å². The highest BCUT2D eigenvalue weighted by Crippen LogP contribution is 2.08. The van der Waals surface area contributed by atoms with E-state index in [1.165, 1.54) is 6.92 Å². The first-order valence-electron chi connectivity index (χ1n) is 10.0. The maximum Gasteiger partial charge on any atom is 0.408 e. The molecule has 2 amide bonds. The standard InChI is InChI=1S/C23H29N3O5/c1-16(25-22(29)31-23(2,3)4)20(27)26-19(14-18-12-8-9-13-24-18)21(28)30-15-17-10-6-5-7-11-17/h5-13,16,19H,14-15H2,1-4H3,(H,25,29)(H,26,27)/t16-,19-/m0/s1. The highest BCUT2D eigenvalue weighted by atomic mass is 16.6. The van der Waals surface area contributed by atoms with Crippen molar-refractivity contribution in [3.05, 3.63) is 66.0 Å². The summed E-state index contributed by atoms with van der Waals surface area (Å²) in [6.45, 7) is 6.77. The number of esters is 1. The molecule has 2 aromatic rings. The van der Waals surface area contributed by atoms with Gasteiger partial charge >= 0.3 is 12.1 Å². The first kappa shape index (κ1) is 23.9. The van der Waals surface area contributed by atoms with Gasteiger partial charge in [0.25, 0.3) is 0 Å². The van der Waals surface area contributed by atoms with Gasteiger partial charge in [-0.15, -0.1) is 0 Å². The Morgan fingerprint density at radius 3 is 2.29 bits per heavy atom. The number of nitrogens with one attached hydrogen (secondary N) is 2. The molecule has 8 heteroatoms. The average molecular weight is 428 g/mol. The number of pyridine rings is 1. The molecule has 0 aliphatic rings. The summed E-state index contributed by atoms with van der Waals surface area (Å²) in [7, 11) is 0. The third-order valence-electron chi connectivity index (χ3n) is 4.09. The molecule has 0 fully saturated rings. The molecular formula is C23H29N3O5. The second-order valence-electron chi connectivity index (χ2n) is 8.05. The lowest BCUT2D eigenvalue weighted by Gasteiger charge is -2.23. The third kappa shape index (κ3) is 8.86. The molecule has 8 nitrogen and oxygen atoms in total. The SMILES string of the molecule is C[C@H](NC(=O)OC(C)(C)C)C(=O)N[C@@H](Cc1ccccn1)C(=O)OCc1ccccc1. The molecule has 0 saturated heterocycles. The van der Waals surface area contributed by atoms with Crippen LogP contribution in [0.15, 0.2) is 54.7 Å². The van der Waals surface area contributed by atoms with Gasteiger partial charge in [-0.05, 0) is 45.4 Å². The highest BCUT2D eigenvalue weighted by Gasteiger charge is 2.27. The van der Waals surface area contributed by atoms with E-state index in [0.29, 0.717) is 5.69 Å². The number of aromatic nitrogens is 1. The number of ether oxygens (including phenoxy) is 2. The Morgan fingerprint density at radius 2 is 1.68 bits per heavy atom. The van der Waals surface area contributed by atoms with E-state index in [9.17, 15) is 14.4 Å². The molecule has 2 rings (SSSR count). The molecule has 0 saturated carbocycles. The average Bonchev–Trinajstić information content (AvgIpc) is 2.71. The van der Waals surface area contributed by atoms with Crippen LogP contribution in [0.2, 0.25) is 0 Å². The van der Waals surface area contributed by atoms with Gasteiger partial charge < -0.3 is 20.1 Å². The van der Waals surface area contributed by atoms with Gasteiger partial charge in [0.15, 0.2) is 0 Å². The molecule has 1 aromatic carbocycles. The number of benzene rings is 1. The Balaban J connectivity index is 2.02. The summed E-state index contributed by atoms with van der Waals surface area (Å²) in [5.74, 6) is -1.13. The summed E-state index contributed by atoms with van der Waals surface area (Å²) in [4.78, 5) is 41.5. The minimum atomic E-state index is -0.964. The van der Waals surface area contributed by atoms with Crippen molar-refractivity contribution in [3.8, 4) is 0 Å². The van der Waals surface area contributed by atoms with Crippen LogP contribution in [0, 0.1) is 0 Å². The zero-order valence-corrected chi connectivity index (χ0v) is 18.3. The van der Waals surface area contributed by atoms with Crippen LogP contribution in [0.1, 0.15) is 39.0 Å². The molecule has 2 atom stereocenters. The molecule has 0 aliphatic heterocycles. The fourth-order valence-electron chi connectivity index (χ4n) is 2.60. The Kier molecular flexibility index (Phi) is 8.54. The second kappa shape index (κ2) is 11.1. The van der Waals surface area contributed by atoms with Crippen LogP contribution in [0.5, 0.6) is 0 Å². The molecule has 0 spiro atoms. The molecule has 0 bridgehead atoms. The van der Waals surface area contributed by atoms with Crippen LogP contribution in [-0.4, -0.2) is 40.6 Å². The Bertz CT molecular complexity index is 866. The molecule has 1 aromatic heterocycles. The van der Waals surface area contributed by atoms with Gasteiger partial charge in [-0.1, -0.05) is 36.4 Å². The zero-order valence-electron chi connectivity index (χ0n) is 18.3. The van der Waals surface area contributed by atoms with Crippen molar-refractivity contribution in [2.75, 3.05) is 0 Å². The van der Waals surface area contributed by atoms with Crippen LogP contribution in [0.25, 0.3) is 0 Å². The Labute approximate surface area is 182 Å². The number of carbonyl (C=O) groups is 3. The summed E-state index contributed by atoms with van der Waals surface area (Å²) in [5, 5.41) is 5.11. The summed E-state index contributed by atoms with van der Waals surface area (Å²) in [5.41, 5.74) is 0.763. The van der Waals surface area contributed by atoms with E-state index in [2.05, 4.69) is 15.6 Å². The smallest absolute Gasteiger partial charge is 0.408 e. The van der Waals surface area contributed by atoms with Crippen LogP contribution < -0.4 is 10.6 Å².